The van der Waals surface area contributed by atoms with Gasteiger partial charge in [0.25, 0.3) is 0 Å². The van der Waals surface area contributed by atoms with E-state index in [4.69, 9.17) is 18.9 Å². The van der Waals surface area contributed by atoms with Crippen LogP contribution in [0.15, 0.2) is 121 Å². The number of piperidine rings is 1. The Morgan fingerprint density at radius 2 is 0.761 bits per heavy atom. The Morgan fingerprint density at radius 1 is 0.493 bits per heavy atom. The molecule has 1 aliphatic carbocycles. The first kappa shape index (κ1) is 53.8. The number of hydrogen-bond acceptors (Lipinski definition) is 15. The van der Waals surface area contributed by atoms with Crippen LogP contribution in [0.2, 0.25) is 0 Å². The van der Waals surface area contributed by atoms with Crippen molar-refractivity contribution in [2.75, 3.05) is 34.2 Å². The van der Waals surface area contributed by atoms with Crippen LogP contribution in [0.1, 0.15) is 54.3 Å². The van der Waals surface area contributed by atoms with Crippen molar-refractivity contribution in [2.24, 2.45) is 11.8 Å². The number of esters is 4. The lowest BCUT2D eigenvalue weighted by molar-refractivity contribution is -0.166. The monoisotopic (exact) mass is 932 g/mol. The zero-order chi connectivity index (χ0) is 48.5. The fourth-order valence-corrected chi connectivity index (χ4v) is 7.25. The molecular formula is C47H52N2O18. The third-order valence-electron chi connectivity index (χ3n) is 10.5. The van der Waals surface area contributed by atoms with Gasteiger partial charge in [0, 0.05) is 25.0 Å². The molecule has 4 aromatic rings. The van der Waals surface area contributed by atoms with Gasteiger partial charge in [0.1, 0.15) is 0 Å². The highest BCUT2D eigenvalue weighted by atomic mass is 16.6. The Kier molecular flexibility index (Phi) is 20.8. The number of rotatable bonds is 15. The average molecular weight is 933 g/mol. The van der Waals surface area contributed by atoms with Crippen molar-refractivity contribution in [3.63, 3.8) is 0 Å². The predicted octanol–water partition coefficient (Wildman–Crippen LogP) is 2.64. The van der Waals surface area contributed by atoms with E-state index in [0.29, 0.717) is 17.9 Å². The number of aliphatic hydroxyl groups is 1. The van der Waals surface area contributed by atoms with Crippen molar-refractivity contribution < 1.29 is 88.3 Å². The van der Waals surface area contributed by atoms with Gasteiger partial charge in [0.15, 0.2) is 0 Å². The van der Waals surface area contributed by atoms with Crippen LogP contribution in [0.25, 0.3) is 0 Å². The normalized spacial score (nSPS) is 18.9. The number of ether oxygens (including phenoxy) is 4. The first-order chi connectivity index (χ1) is 31.4. The van der Waals surface area contributed by atoms with Crippen molar-refractivity contribution in [2.45, 2.75) is 49.4 Å². The Hall–Kier alpha value is -7.52. The van der Waals surface area contributed by atoms with Gasteiger partial charge in [-0.25, -0.2) is 38.4 Å². The van der Waals surface area contributed by atoms with Gasteiger partial charge in [-0.15, -0.1) is 0 Å². The number of carbonyl (C=O) groups excluding carboxylic acids is 4. The second-order valence-corrected chi connectivity index (χ2v) is 15.4. The number of nitrogens with zero attached hydrogens (tertiary/aromatic N) is 2. The quantitative estimate of drug-likeness (QED) is 0.0845. The van der Waals surface area contributed by atoms with Crippen LogP contribution in [-0.4, -0.2) is 159 Å². The summed E-state index contributed by atoms with van der Waals surface area (Å²) >= 11 is 0. The van der Waals surface area contributed by atoms with Crippen molar-refractivity contribution in [1.82, 2.24) is 9.80 Å². The second-order valence-electron chi connectivity index (χ2n) is 15.4. The van der Waals surface area contributed by atoms with E-state index < -0.39 is 72.2 Å². The summed E-state index contributed by atoms with van der Waals surface area (Å²) in [6, 6.07) is 30.2. The van der Waals surface area contributed by atoms with Crippen LogP contribution in [0.3, 0.4) is 0 Å². The number of carboxylic acids is 4. The van der Waals surface area contributed by atoms with Crippen LogP contribution >= 0.6 is 0 Å². The summed E-state index contributed by atoms with van der Waals surface area (Å²) in [7, 11) is 6.43. The van der Waals surface area contributed by atoms with Crippen molar-refractivity contribution in [3.05, 3.63) is 144 Å². The molecule has 2 unspecified atom stereocenters. The summed E-state index contributed by atoms with van der Waals surface area (Å²) < 4.78 is 19.0. The van der Waals surface area contributed by atoms with Crippen LogP contribution in [0.4, 0.5) is 0 Å². The van der Waals surface area contributed by atoms with Gasteiger partial charge in [0.05, 0.1) is 28.4 Å². The fraction of sp³-hybridized carbons (Fsp3) is 0.319. The Morgan fingerprint density at radius 3 is 1.00 bits per heavy atom. The lowest BCUT2D eigenvalue weighted by Crippen LogP contribution is -2.58. The van der Waals surface area contributed by atoms with Gasteiger partial charge < -0.3 is 59.8 Å². The first-order valence-corrected chi connectivity index (χ1v) is 20.4. The largest absolute Gasteiger partial charge is 0.478 e. The number of aliphatic hydroxyl groups excluding tert-OH is 1. The van der Waals surface area contributed by atoms with Crippen molar-refractivity contribution in [1.29, 1.82) is 0 Å². The molecule has 0 aromatic heterocycles. The number of benzene rings is 4. The smallest absolute Gasteiger partial charge is 0.349 e. The molecule has 2 aliphatic rings. The minimum Gasteiger partial charge on any atom is -0.478 e. The van der Waals surface area contributed by atoms with Gasteiger partial charge in [-0.3, -0.25) is 0 Å². The third-order valence-corrected chi connectivity index (χ3v) is 10.5. The van der Waals surface area contributed by atoms with E-state index in [-0.39, 0.29) is 33.8 Å². The molecule has 1 aliphatic heterocycles. The van der Waals surface area contributed by atoms with E-state index in [0.717, 1.165) is 13.1 Å². The fourth-order valence-electron chi connectivity index (χ4n) is 7.25. The molecule has 1 heterocycles. The molecule has 0 amide bonds. The van der Waals surface area contributed by atoms with Crippen LogP contribution in [0.5, 0.6) is 0 Å². The molecule has 1 saturated carbocycles. The topological polar surface area (TPSA) is 313 Å². The van der Waals surface area contributed by atoms with E-state index in [1.807, 2.05) is 0 Å². The van der Waals surface area contributed by atoms with Crippen LogP contribution < -0.4 is 0 Å². The van der Waals surface area contributed by atoms with Gasteiger partial charge in [0.2, 0.25) is 24.4 Å². The lowest BCUT2D eigenvalue weighted by atomic mass is 9.72. The van der Waals surface area contributed by atoms with E-state index >= 15 is 0 Å². The molecule has 7 N–H and O–H groups in total. The molecule has 0 radical (unpaired) electrons. The first-order valence-electron chi connectivity index (χ1n) is 20.4. The third kappa shape index (κ3) is 15.6. The van der Waals surface area contributed by atoms with Gasteiger partial charge >= 0.3 is 47.8 Å². The Bertz CT molecular complexity index is 2000. The SMILES string of the molecule is CN1CC2CC[C@@H](N(C)C)C(C1)[C@@H]2O.O.O=C(O[C@@H](C(=O)O)[C@@H](OC(=O)c1ccccc1)C(=O)O)c1ccccc1.O=C(O[C@@H](C(=O)O)[C@@H](OC(=O)c1ccccc1)C(=O)O)c1ccccc1. The molecule has 0 spiro atoms. The summed E-state index contributed by atoms with van der Waals surface area (Å²) in [4.78, 5) is 98.3. The molecule has 20 heteroatoms. The van der Waals surface area contributed by atoms with Gasteiger partial charge in [-0.1, -0.05) is 72.8 Å². The number of fused-ring (bicyclic) bond motifs is 2. The molecule has 6 rings (SSSR count). The maximum atomic E-state index is 12.0. The summed E-state index contributed by atoms with van der Waals surface area (Å²) in [5.74, 6) is -10.3. The minimum absolute atomic E-state index is 0. The standard InChI is InChI=1S/2C18H14O8.C11H22N2O.H2O/c2*19-15(20)13(25-17(23)11-7-3-1-4-8-11)14(16(21)22)26-18(24)12-9-5-2-6-10-12;1-12(2)10-5-4-8-6-13(3)7-9(10)11(8)14;/h2*1-10,13-14H,(H,19,20)(H,21,22);8-11,14H,4-7H2,1-3H3;1H2/t2*13-,14-;8?,9?,10-,11-;/m111./s1. The summed E-state index contributed by atoms with van der Waals surface area (Å²) in [5, 5.41) is 47.1. The summed E-state index contributed by atoms with van der Waals surface area (Å²) in [6.07, 6.45) is -6.48. The molecule has 358 valence electrons. The number of carbonyl (C=O) groups is 8. The van der Waals surface area contributed by atoms with Gasteiger partial charge in [-0.2, -0.15) is 0 Å². The highest BCUT2D eigenvalue weighted by Crippen LogP contribution is 2.36. The average Bonchev–Trinajstić information content (AvgIpc) is 3.30. The number of carboxylic acid groups (broad SMARTS) is 4. The lowest BCUT2D eigenvalue weighted by Gasteiger charge is -2.49. The Labute approximate surface area is 384 Å². The Balaban J connectivity index is 0.000000276. The molecule has 8 atom stereocenters. The number of aliphatic carboxylic acids is 4. The van der Waals surface area contributed by atoms with E-state index in [1.165, 1.54) is 110 Å². The highest BCUT2D eigenvalue weighted by Gasteiger charge is 2.44. The summed E-state index contributed by atoms with van der Waals surface area (Å²) in [5.41, 5.74) is 0.101. The number of hydrogen-bond donors (Lipinski definition) is 5. The molecule has 1 saturated heterocycles. The molecular weight excluding hydrogens is 881 g/mol. The number of likely N-dealkylation sites (tertiary alicyclic amines) is 1. The molecule has 2 bridgehead atoms. The zero-order valence-corrected chi connectivity index (χ0v) is 36.5. The second kappa shape index (κ2) is 25.8. The van der Waals surface area contributed by atoms with Crippen molar-refractivity contribution >= 4 is 47.8 Å². The molecule has 4 aromatic carbocycles. The maximum Gasteiger partial charge on any atom is 0.349 e. The highest BCUT2D eigenvalue weighted by molar-refractivity contribution is 5.96. The van der Waals surface area contributed by atoms with Crippen LogP contribution in [-0.2, 0) is 38.1 Å². The van der Waals surface area contributed by atoms with E-state index in [9.17, 15) is 63.9 Å². The molecule has 67 heavy (non-hydrogen) atoms. The summed E-state index contributed by atoms with van der Waals surface area (Å²) in [6.45, 7) is 2.14. The molecule has 2 fully saturated rings. The van der Waals surface area contributed by atoms with E-state index in [2.05, 4.69) is 30.9 Å². The predicted molar refractivity (Wildman–Crippen MR) is 234 cm³/mol. The zero-order valence-electron chi connectivity index (χ0n) is 36.5. The van der Waals surface area contributed by atoms with Crippen molar-refractivity contribution in [3.8, 4) is 0 Å². The van der Waals surface area contributed by atoms with Gasteiger partial charge in [-0.05, 0) is 88.4 Å². The minimum atomic E-state index is -2.21. The van der Waals surface area contributed by atoms with Crippen LogP contribution in [0, 0.1) is 11.8 Å². The maximum absolute atomic E-state index is 12.0. The molecule has 20 nitrogen and oxygen atoms in total. The van der Waals surface area contributed by atoms with E-state index in [1.54, 1.807) is 24.3 Å².